The van der Waals surface area contributed by atoms with Gasteiger partial charge in [-0.3, -0.25) is 4.79 Å². The maximum atomic E-state index is 13.7. The van der Waals surface area contributed by atoms with E-state index >= 15 is 0 Å². The van der Waals surface area contributed by atoms with Crippen molar-refractivity contribution in [3.63, 3.8) is 0 Å². The van der Waals surface area contributed by atoms with Crippen molar-refractivity contribution < 1.29 is 13.6 Å². The zero-order valence-electron chi connectivity index (χ0n) is 11.8. The molecule has 1 N–H and O–H groups in total. The first kappa shape index (κ1) is 14.9. The molecule has 5 heteroatoms. The van der Waals surface area contributed by atoms with E-state index < -0.39 is 11.6 Å². The number of nitrogens with zero attached hydrogens (tertiary/aromatic N) is 1. The van der Waals surface area contributed by atoms with E-state index in [0.717, 1.165) is 19.0 Å². The van der Waals surface area contributed by atoms with Crippen molar-refractivity contribution in [1.82, 2.24) is 10.2 Å². The Balaban J connectivity index is 2.03. The summed E-state index contributed by atoms with van der Waals surface area (Å²) in [5.74, 6) is -1.34. The van der Waals surface area contributed by atoms with Gasteiger partial charge in [-0.2, -0.15) is 0 Å². The molecule has 1 amide bonds. The van der Waals surface area contributed by atoms with Gasteiger partial charge in [0, 0.05) is 14.1 Å². The van der Waals surface area contributed by atoms with Crippen LogP contribution in [0.3, 0.4) is 0 Å². The van der Waals surface area contributed by atoms with E-state index in [1.165, 1.54) is 6.07 Å². The van der Waals surface area contributed by atoms with Crippen LogP contribution in [0.5, 0.6) is 0 Å². The average Bonchev–Trinajstić information content (AvgIpc) is 2.43. The van der Waals surface area contributed by atoms with Crippen LogP contribution in [0.2, 0.25) is 0 Å². The highest BCUT2D eigenvalue weighted by atomic mass is 19.2. The topological polar surface area (TPSA) is 32.3 Å². The molecule has 0 saturated carbocycles. The first-order valence-corrected chi connectivity index (χ1v) is 6.86. The van der Waals surface area contributed by atoms with Gasteiger partial charge in [-0.1, -0.05) is 12.1 Å². The van der Waals surface area contributed by atoms with E-state index in [-0.39, 0.29) is 17.9 Å². The Kier molecular flexibility index (Phi) is 4.70. The molecule has 0 spiro atoms. The third-order valence-electron chi connectivity index (χ3n) is 3.79. The summed E-state index contributed by atoms with van der Waals surface area (Å²) in [4.78, 5) is 13.5. The lowest BCUT2D eigenvalue weighted by atomic mass is 9.86. The Bertz CT molecular complexity index is 491. The van der Waals surface area contributed by atoms with Gasteiger partial charge in [-0.15, -0.1) is 0 Å². The smallest absolute Gasteiger partial charge is 0.239 e. The number of hydrogen-bond acceptors (Lipinski definition) is 2. The molecule has 0 radical (unpaired) electrons. The van der Waals surface area contributed by atoms with Crippen molar-refractivity contribution in [3.05, 3.63) is 35.4 Å². The normalized spacial score (nSPS) is 22.6. The minimum atomic E-state index is -0.808. The predicted octanol–water partition coefficient (Wildman–Crippen LogP) is 1.96. The molecule has 0 aliphatic carbocycles. The molecule has 0 aromatic heterocycles. The van der Waals surface area contributed by atoms with Crippen LogP contribution in [0.15, 0.2) is 18.2 Å². The number of likely N-dealkylation sites (N-methyl/N-ethyl adjacent to an activating group) is 1. The third kappa shape index (κ3) is 3.33. The number of hydrogen-bond donors (Lipinski definition) is 1. The van der Waals surface area contributed by atoms with E-state index in [1.54, 1.807) is 25.1 Å². The zero-order chi connectivity index (χ0) is 14.7. The van der Waals surface area contributed by atoms with Crippen molar-refractivity contribution in [1.29, 1.82) is 0 Å². The highest BCUT2D eigenvalue weighted by Crippen LogP contribution is 2.24. The van der Waals surface area contributed by atoms with E-state index in [0.29, 0.717) is 18.4 Å². The summed E-state index contributed by atoms with van der Waals surface area (Å²) in [5, 5.41) is 3.18. The number of rotatable bonds is 3. The van der Waals surface area contributed by atoms with Gasteiger partial charge in [-0.25, -0.2) is 8.78 Å². The number of amides is 1. The molecule has 2 rings (SSSR count). The summed E-state index contributed by atoms with van der Waals surface area (Å²) < 4.78 is 26.9. The lowest BCUT2D eigenvalue weighted by molar-refractivity contribution is -0.131. The van der Waals surface area contributed by atoms with Crippen molar-refractivity contribution in [2.24, 2.45) is 5.92 Å². The van der Waals surface area contributed by atoms with Gasteiger partial charge in [0.15, 0.2) is 11.6 Å². The molecule has 1 aliphatic rings. The van der Waals surface area contributed by atoms with E-state index in [1.807, 2.05) is 0 Å². The monoisotopic (exact) mass is 282 g/mol. The van der Waals surface area contributed by atoms with Gasteiger partial charge in [0.25, 0.3) is 0 Å². The fraction of sp³-hybridized carbons (Fsp3) is 0.533. The molecule has 1 fully saturated rings. The Labute approximate surface area is 118 Å². The largest absolute Gasteiger partial charge is 0.347 e. The van der Waals surface area contributed by atoms with Gasteiger partial charge >= 0.3 is 0 Å². The quantitative estimate of drug-likeness (QED) is 0.919. The number of carbonyl (C=O) groups excluding carboxylic acids is 1. The van der Waals surface area contributed by atoms with Gasteiger partial charge in [0.2, 0.25) is 5.91 Å². The summed E-state index contributed by atoms with van der Waals surface area (Å²) >= 11 is 0. The van der Waals surface area contributed by atoms with Crippen LogP contribution in [0.4, 0.5) is 8.78 Å². The minimum absolute atomic E-state index is 0.0365. The van der Waals surface area contributed by atoms with Crippen molar-refractivity contribution in [2.45, 2.75) is 25.3 Å². The molecular weight excluding hydrogens is 262 g/mol. The molecule has 0 bridgehead atoms. The summed E-state index contributed by atoms with van der Waals surface area (Å²) in [7, 11) is 3.44. The van der Waals surface area contributed by atoms with Crippen LogP contribution in [0, 0.1) is 17.6 Å². The molecule has 3 nitrogen and oxygen atoms in total. The molecule has 1 saturated heterocycles. The number of benzene rings is 1. The van der Waals surface area contributed by atoms with Crippen LogP contribution in [-0.2, 0) is 11.2 Å². The minimum Gasteiger partial charge on any atom is -0.347 e. The highest BCUT2D eigenvalue weighted by molar-refractivity contribution is 5.81. The van der Waals surface area contributed by atoms with Crippen molar-refractivity contribution in [2.75, 3.05) is 20.6 Å². The summed E-state index contributed by atoms with van der Waals surface area (Å²) in [6.45, 7) is 0.728. The van der Waals surface area contributed by atoms with Crippen LogP contribution in [-0.4, -0.2) is 37.5 Å². The third-order valence-corrected chi connectivity index (χ3v) is 3.79. The maximum Gasteiger partial charge on any atom is 0.239 e. The summed E-state index contributed by atoms with van der Waals surface area (Å²) in [5.41, 5.74) is 0.396. The molecule has 2 atom stereocenters. The lowest BCUT2D eigenvalue weighted by Gasteiger charge is -2.31. The van der Waals surface area contributed by atoms with Crippen LogP contribution in [0.25, 0.3) is 0 Å². The van der Waals surface area contributed by atoms with Gasteiger partial charge in [0.1, 0.15) is 0 Å². The first-order valence-electron chi connectivity index (χ1n) is 6.86. The van der Waals surface area contributed by atoms with Crippen molar-refractivity contribution in [3.8, 4) is 0 Å². The predicted molar refractivity (Wildman–Crippen MR) is 73.3 cm³/mol. The molecule has 1 aromatic rings. The molecular formula is C15H20F2N2O. The fourth-order valence-electron chi connectivity index (χ4n) is 2.70. The second kappa shape index (κ2) is 6.31. The van der Waals surface area contributed by atoms with E-state index in [4.69, 9.17) is 0 Å². The lowest BCUT2D eigenvalue weighted by Crippen LogP contribution is -2.48. The fourth-order valence-corrected chi connectivity index (χ4v) is 2.70. The van der Waals surface area contributed by atoms with E-state index in [9.17, 15) is 13.6 Å². The molecule has 1 aromatic carbocycles. The standard InChI is InChI=1S/C15H20F2N2O/c1-19(2)15(20)13-9-10(6-7-18-13)8-11-4-3-5-12(16)14(11)17/h3-5,10,13,18H,6-9H2,1-2H3. The van der Waals surface area contributed by atoms with Crippen LogP contribution in [0.1, 0.15) is 18.4 Å². The van der Waals surface area contributed by atoms with Crippen LogP contribution < -0.4 is 5.32 Å². The van der Waals surface area contributed by atoms with Gasteiger partial charge < -0.3 is 10.2 Å². The van der Waals surface area contributed by atoms with Crippen LogP contribution >= 0.6 is 0 Å². The Hall–Kier alpha value is -1.49. The maximum absolute atomic E-state index is 13.7. The van der Waals surface area contributed by atoms with Gasteiger partial charge in [-0.05, 0) is 43.4 Å². The number of carbonyl (C=O) groups is 1. The Morgan fingerprint density at radius 3 is 2.85 bits per heavy atom. The zero-order valence-corrected chi connectivity index (χ0v) is 11.8. The highest BCUT2D eigenvalue weighted by Gasteiger charge is 2.28. The summed E-state index contributed by atoms with van der Waals surface area (Å²) in [6.07, 6.45) is 2.00. The molecule has 110 valence electrons. The molecule has 1 heterocycles. The van der Waals surface area contributed by atoms with Crippen molar-refractivity contribution >= 4 is 5.91 Å². The second-order valence-corrected chi connectivity index (χ2v) is 5.55. The van der Waals surface area contributed by atoms with E-state index in [2.05, 4.69) is 5.32 Å². The number of nitrogens with one attached hydrogen (secondary N) is 1. The molecule has 1 aliphatic heterocycles. The average molecular weight is 282 g/mol. The molecule has 2 unspecified atom stereocenters. The van der Waals surface area contributed by atoms with Gasteiger partial charge in [0.05, 0.1) is 6.04 Å². The summed E-state index contributed by atoms with van der Waals surface area (Å²) in [6, 6.07) is 4.04. The SMILES string of the molecule is CN(C)C(=O)C1CC(Cc2cccc(F)c2F)CCN1. The Morgan fingerprint density at radius 2 is 2.15 bits per heavy atom. The first-order chi connectivity index (χ1) is 9.49. The second-order valence-electron chi connectivity index (χ2n) is 5.55. The Morgan fingerprint density at radius 1 is 1.40 bits per heavy atom. The number of halogens is 2. The number of piperidine rings is 1. The molecule has 20 heavy (non-hydrogen) atoms.